The Morgan fingerprint density at radius 1 is 1.20 bits per heavy atom. The number of nitrogens with zero attached hydrogens (tertiary/aromatic N) is 1. The molecule has 7 heteroatoms. The highest BCUT2D eigenvalue weighted by Crippen LogP contribution is 2.55. The molecule has 2 amide bonds. The summed E-state index contributed by atoms with van der Waals surface area (Å²) < 4.78 is 22.5. The minimum Gasteiger partial charge on any atom is -0.497 e. The lowest BCUT2D eigenvalue weighted by molar-refractivity contribution is -0.180. The van der Waals surface area contributed by atoms with Gasteiger partial charge in [-0.1, -0.05) is 12.1 Å². The number of amides is 2. The summed E-state index contributed by atoms with van der Waals surface area (Å²) in [5.74, 6) is -1.13. The number of hydrogen-bond acceptors (Lipinski definition) is 6. The third kappa shape index (κ3) is 1.85. The van der Waals surface area contributed by atoms with E-state index in [1.165, 1.54) is 4.90 Å². The summed E-state index contributed by atoms with van der Waals surface area (Å²) in [6, 6.07) is 6.93. The highest BCUT2D eigenvalue weighted by atomic mass is 16.7. The molecular weight excluding hydrogens is 326 g/mol. The molecule has 3 saturated heterocycles. The Morgan fingerprint density at radius 3 is 2.76 bits per heavy atom. The smallest absolute Gasteiger partial charge is 0.241 e. The summed E-state index contributed by atoms with van der Waals surface area (Å²) in [5.41, 5.74) is -0.516. The Hall–Kier alpha value is -2.22. The van der Waals surface area contributed by atoms with E-state index in [4.69, 9.17) is 18.9 Å². The first-order valence-electron chi connectivity index (χ1n) is 8.28. The molecule has 4 aliphatic rings. The molecule has 0 N–H and O–H groups in total. The second-order valence-corrected chi connectivity index (χ2v) is 6.59. The summed E-state index contributed by atoms with van der Waals surface area (Å²) >= 11 is 0. The molecule has 0 radical (unpaired) electrons. The van der Waals surface area contributed by atoms with Crippen LogP contribution in [0.1, 0.15) is 0 Å². The SMILES string of the molecule is COc1cccc(N2C(=O)[C@@H]3[C@@H](C2=O)[C@@]2(C4OCCO4)C=C[C@H]3O2)c1. The first kappa shape index (κ1) is 15.1. The lowest BCUT2D eigenvalue weighted by Crippen LogP contribution is -2.49. The number of rotatable bonds is 3. The molecule has 25 heavy (non-hydrogen) atoms. The van der Waals surface area contributed by atoms with Crippen LogP contribution in [0.25, 0.3) is 0 Å². The lowest BCUT2D eigenvalue weighted by Gasteiger charge is -2.32. The van der Waals surface area contributed by atoms with Gasteiger partial charge in [0, 0.05) is 6.07 Å². The van der Waals surface area contributed by atoms with E-state index in [1.807, 2.05) is 12.2 Å². The fourth-order valence-corrected chi connectivity index (χ4v) is 4.33. The van der Waals surface area contributed by atoms with Crippen LogP contribution >= 0.6 is 0 Å². The average molecular weight is 343 g/mol. The van der Waals surface area contributed by atoms with Crippen LogP contribution < -0.4 is 9.64 Å². The second kappa shape index (κ2) is 5.14. The topological polar surface area (TPSA) is 74.3 Å². The van der Waals surface area contributed by atoms with Crippen LogP contribution in [0, 0.1) is 11.8 Å². The van der Waals surface area contributed by atoms with Gasteiger partial charge in [0.15, 0.2) is 11.9 Å². The Balaban J connectivity index is 1.55. The van der Waals surface area contributed by atoms with Gasteiger partial charge in [0.25, 0.3) is 0 Å². The molecule has 1 aromatic rings. The molecule has 3 fully saturated rings. The summed E-state index contributed by atoms with van der Waals surface area (Å²) in [7, 11) is 1.54. The molecule has 130 valence electrons. The predicted molar refractivity (Wildman–Crippen MR) is 84.9 cm³/mol. The highest BCUT2D eigenvalue weighted by molar-refractivity contribution is 6.23. The largest absolute Gasteiger partial charge is 0.497 e. The van der Waals surface area contributed by atoms with Gasteiger partial charge < -0.3 is 18.9 Å². The maximum Gasteiger partial charge on any atom is 0.241 e. The van der Waals surface area contributed by atoms with E-state index < -0.39 is 29.8 Å². The van der Waals surface area contributed by atoms with Crippen LogP contribution in [0.15, 0.2) is 36.4 Å². The maximum absolute atomic E-state index is 13.2. The molecule has 0 aliphatic carbocycles. The second-order valence-electron chi connectivity index (χ2n) is 6.59. The minimum atomic E-state index is -1.02. The van der Waals surface area contributed by atoms with E-state index in [0.717, 1.165) is 0 Å². The molecule has 2 bridgehead atoms. The number of carbonyl (C=O) groups is 2. The molecule has 0 spiro atoms. The molecule has 0 aromatic heterocycles. The van der Waals surface area contributed by atoms with E-state index >= 15 is 0 Å². The molecule has 4 heterocycles. The number of anilines is 1. The van der Waals surface area contributed by atoms with E-state index in [0.29, 0.717) is 24.7 Å². The van der Waals surface area contributed by atoms with Gasteiger partial charge >= 0.3 is 0 Å². The van der Waals surface area contributed by atoms with Crippen molar-refractivity contribution in [2.45, 2.75) is 18.0 Å². The van der Waals surface area contributed by atoms with Crippen LogP contribution in [0.5, 0.6) is 5.75 Å². The van der Waals surface area contributed by atoms with Crippen molar-refractivity contribution >= 4 is 17.5 Å². The third-order valence-corrected chi connectivity index (χ3v) is 5.38. The van der Waals surface area contributed by atoms with Gasteiger partial charge in [-0.05, 0) is 18.2 Å². The number of methoxy groups -OCH3 is 1. The average Bonchev–Trinajstić information content (AvgIpc) is 3.38. The summed E-state index contributed by atoms with van der Waals surface area (Å²) in [5, 5.41) is 0. The fraction of sp³-hybridized carbons (Fsp3) is 0.444. The Labute approximate surface area is 144 Å². The van der Waals surface area contributed by atoms with Crippen molar-refractivity contribution < 1.29 is 28.5 Å². The number of carbonyl (C=O) groups excluding carboxylic acids is 2. The highest BCUT2D eigenvalue weighted by Gasteiger charge is 2.71. The zero-order valence-electron chi connectivity index (χ0n) is 13.6. The van der Waals surface area contributed by atoms with Crippen molar-refractivity contribution in [3.8, 4) is 5.75 Å². The number of imide groups is 1. The molecule has 0 unspecified atom stereocenters. The van der Waals surface area contributed by atoms with Crippen LogP contribution in [0.4, 0.5) is 5.69 Å². The van der Waals surface area contributed by atoms with Gasteiger partial charge in [0.05, 0.1) is 44.0 Å². The summed E-state index contributed by atoms with van der Waals surface area (Å²) in [4.78, 5) is 27.4. The number of ether oxygens (including phenoxy) is 4. The van der Waals surface area contributed by atoms with E-state index in [1.54, 1.807) is 31.4 Å². The van der Waals surface area contributed by atoms with Gasteiger partial charge in [-0.3, -0.25) is 9.59 Å². The maximum atomic E-state index is 13.2. The lowest BCUT2D eigenvalue weighted by atomic mass is 9.76. The van der Waals surface area contributed by atoms with Crippen LogP contribution in [-0.4, -0.2) is 50.1 Å². The molecule has 5 rings (SSSR count). The zero-order valence-corrected chi connectivity index (χ0v) is 13.6. The van der Waals surface area contributed by atoms with Gasteiger partial charge in [-0.25, -0.2) is 4.90 Å². The van der Waals surface area contributed by atoms with Gasteiger partial charge in [-0.2, -0.15) is 0 Å². The fourth-order valence-electron chi connectivity index (χ4n) is 4.33. The predicted octanol–water partition coefficient (Wildman–Crippen LogP) is 0.881. The van der Waals surface area contributed by atoms with Crippen molar-refractivity contribution in [3.63, 3.8) is 0 Å². The summed E-state index contributed by atoms with van der Waals surface area (Å²) in [6.45, 7) is 0.904. The molecule has 7 nitrogen and oxygen atoms in total. The molecule has 4 atom stereocenters. The third-order valence-electron chi connectivity index (χ3n) is 5.38. The van der Waals surface area contributed by atoms with Gasteiger partial charge in [0.1, 0.15) is 5.75 Å². The normalized spacial score (nSPS) is 36.5. The quantitative estimate of drug-likeness (QED) is 0.599. The Bertz CT molecular complexity index is 786. The van der Waals surface area contributed by atoms with E-state index in [-0.39, 0.29) is 11.8 Å². The van der Waals surface area contributed by atoms with Crippen LogP contribution in [-0.2, 0) is 23.8 Å². The molecule has 4 aliphatic heterocycles. The molecule has 1 aromatic carbocycles. The zero-order chi connectivity index (χ0) is 17.2. The first-order valence-corrected chi connectivity index (χ1v) is 8.28. The van der Waals surface area contributed by atoms with Crippen LogP contribution in [0.3, 0.4) is 0 Å². The van der Waals surface area contributed by atoms with Crippen molar-refractivity contribution in [1.82, 2.24) is 0 Å². The monoisotopic (exact) mass is 343 g/mol. The Kier molecular flexibility index (Phi) is 3.10. The van der Waals surface area contributed by atoms with Gasteiger partial charge in [0.2, 0.25) is 11.8 Å². The standard InChI is InChI=1S/C18H17NO6/c1-22-11-4-2-3-10(9-11)19-15(20)13-12-5-6-18(25-12,14(13)16(19)21)17-23-7-8-24-17/h2-6,9,12-14,17H,7-8H2,1H3/t12-,13+,14+,18-/m1/s1. The van der Waals surface area contributed by atoms with E-state index in [2.05, 4.69) is 0 Å². The van der Waals surface area contributed by atoms with Gasteiger partial charge in [-0.15, -0.1) is 0 Å². The Morgan fingerprint density at radius 2 is 2.00 bits per heavy atom. The summed E-state index contributed by atoms with van der Waals surface area (Å²) in [6.07, 6.45) is 2.58. The minimum absolute atomic E-state index is 0.252. The molecule has 0 saturated carbocycles. The van der Waals surface area contributed by atoms with E-state index in [9.17, 15) is 9.59 Å². The van der Waals surface area contributed by atoms with Crippen molar-refractivity contribution in [1.29, 1.82) is 0 Å². The number of fused-ring (bicyclic) bond motifs is 5. The number of benzene rings is 1. The first-order chi connectivity index (χ1) is 12.2. The van der Waals surface area contributed by atoms with Crippen molar-refractivity contribution in [3.05, 3.63) is 36.4 Å². The van der Waals surface area contributed by atoms with Crippen LogP contribution in [0.2, 0.25) is 0 Å². The number of hydrogen-bond donors (Lipinski definition) is 0. The molecular formula is C18H17NO6. The van der Waals surface area contributed by atoms with Crippen molar-refractivity contribution in [2.75, 3.05) is 25.2 Å². The van der Waals surface area contributed by atoms with Crippen molar-refractivity contribution in [2.24, 2.45) is 11.8 Å².